The topological polar surface area (TPSA) is 43.1 Å². The third-order valence-electron chi connectivity index (χ3n) is 1.55. The summed E-state index contributed by atoms with van der Waals surface area (Å²) in [5.41, 5.74) is 3.09. The minimum absolute atomic E-state index is 0.0341. The fourth-order valence-electron chi connectivity index (χ4n) is 0.968. The van der Waals surface area contributed by atoms with Crippen molar-refractivity contribution in [2.24, 2.45) is 5.73 Å². The van der Waals surface area contributed by atoms with Crippen molar-refractivity contribution in [1.29, 1.82) is 0 Å². The predicted octanol–water partition coefficient (Wildman–Crippen LogP) is 2.46. The normalized spacial score (nSPS) is 11.4. The summed E-state index contributed by atoms with van der Waals surface area (Å²) in [4.78, 5) is 10.7. The molecular formula is C8H5ClF3NO. The van der Waals surface area contributed by atoms with E-state index in [0.29, 0.717) is 0 Å². The SMILES string of the molecule is NC(=O)c1cc(Cl)ccc1C(F)(F)F. The summed E-state index contributed by atoms with van der Waals surface area (Å²) in [6, 6.07) is 2.67. The highest BCUT2D eigenvalue weighted by Crippen LogP contribution is 2.32. The molecule has 1 amide bonds. The van der Waals surface area contributed by atoms with Gasteiger partial charge in [0.25, 0.3) is 0 Å². The Morgan fingerprint density at radius 1 is 1.36 bits per heavy atom. The maximum atomic E-state index is 12.3. The number of amides is 1. The van der Waals surface area contributed by atoms with Crippen LogP contribution in [0.2, 0.25) is 5.02 Å². The molecule has 0 bridgehead atoms. The van der Waals surface area contributed by atoms with Crippen LogP contribution >= 0.6 is 11.6 Å². The molecule has 1 rings (SSSR count). The van der Waals surface area contributed by atoms with E-state index in [2.05, 4.69) is 0 Å². The molecule has 2 N–H and O–H groups in total. The third-order valence-corrected chi connectivity index (χ3v) is 1.79. The van der Waals surface area contributed by atoms with Crippen LogP contribution in [0.25, 0.3) is 0 Å². The van der Waals surface area contributed by atoms with Gasteiger partial charge in [0.15, 0.2) is 0 Å². The minimum Gasteiger partial charge on any atom is -0.366 e. The number of hydrogen-bond donors (Lipinski definition) is 1. The van der Waals surface area contributed by atoms with Crippen LogP contribution in [-0.4, -0.2) is 5.91 Å². The Hall–Kier alpha value is -1.23. The number of alkyl halides is 3. The molecule has 0 saturated carbocycles. The highest BCUT2D eigenvalue weighted by atomic mass is 35.5. The van der Waals surface area contributed by atoms with Crippen molar-refractivity contribution >= 4 is 17.5 Å². The zero-order valence-electron chi connectivity index (χ0n) is 6.73. The van der Waals surface area contributed by atoms with Gasteiger partial charge in [-0.25, -0.2) is 0 Å². The van der Waals surface area contributed by atoms with E-state index < -0.39 is 23.2 Å². The predicted molar refractivity (Wildman–Crippen MR) is 45.0 cm³/mol. The first kappa shape index (κ1) is 10.8. The quantitative estimate of drug-likeness (QED) is 0.781. The lowest BCUT2D eigenvalue weighted by molar-refractivity contribution is -0.137. The Morgan fingerprint density at radius 2 is 1.93 bits per heavy atom. The summed E-state index contributed by atoms with van der Waals surface area (Å²) in [5.74, 6) is -1.15. The number of benzene rings is 1. The molecule has 1 aromatic carbocycles. The highest BCUT2D eigenvalue weighted by molar-refractivity contribution is 6.31. The van der Waals surface area contributed by atoms with Crippen molar-refractivity contribution < 1.29 is 18.0 Å². The van der Waals surface area contributed by atoms with Crippen molar-refractivity contribution in [2.75, 3.05) is 0 Å². The van der Waals surface area contributed by atoms with E-state index in [9.17, 15) is 18.0 Å². The molecule has 0 aliphatic rings. The highest BCUT2D eigenvalue weighted by Gasteiger charge is 2.34. The largest absolute Gasteiger partial charge is 0.417 e. The zero-order chi connectivity index (χ0) is 10.9. The first-order chi connectivity index (χ1) is 6.32. The van der Waals surface area contributed by atoms with E-state index in [4.69, 9.17) is 17.3 Å². The van der Waals surface area contributed by atoms with Gasteiger partial charge in [-0.1, -0.05) is 11.6 Å². The van der Waals surface area contributed by atoms with Gasteiger partial charge in [-0.05, 0) is 18.2 Å². The number of hydrogen-bond acceptors (Lipinski definition) is 1. The molecule has 0 aliphatic carbocycles. The molecule has 0 saturated heterocycles. The Morgan fingerprint density at radius 3 is 2.36 bits per heavy atom. The summed E-state index contributed by atoms with van der Waals surface area (Å²) in [7, 11) is 0. The molecule has 2 nitrogen and oxygen atoms in total. The maximum Gasteiger partial charge on any atom is 0.417 e. The standard InChI is InChI=1S/C8H5ClF3NO/c9-4-1-2-6(8(10,11)12)5(3-4)7(13)14/h1-3H,(H2,13,14). The fraction of sp³-hybridized carbons (Fsp3) is 0.125. The van der Waals surface area contributed by atoms with E-state index in [1.807, 2.05) is 0 Å². The van der Waals surface area contributed by atoms with Crippen molar-refractivity contribution in [1.82, 2.24) is 0 Å². The molecule has 0 radical (unpaired) electrons. The van der Waals surface area contributed by atoms with E-state index in [1.165, 1.54) is 0 Å². The lowest BCUT2D eigenvalue weighted by atomic mass is 10.1. The molecular weight excluding hydrogens is 219 g/mol. The van der Waals surface area contributed by atoms with Crippen LogP contribution in [0, 0.1) is 0 Å². The number of halogens is 4. The van der Waals surface area contributed by atoms with Crippen LogP contribution in [0.3, 0.4) is 0 Å². The second-order valence-electron chi connectivity index (χ2n) is 2.55. The summed E-state index contributed by atoms with van der Waals surface area (Å²) in [6.07, 6.45) is -4.60. The average molecular weight is 224 g/mol. The Bertz CT molecular complexity index is 375. The number of nitrogens with two attached hydrogens (primary N) is 1. The molecule has 6 heteroatoms. The van der Waals surface area contributed by atoms with Gasteiger partial charge in [0.05, 0.1) is 11.1 Å². The second kappa shape index (κ2) is 3.49. The maximum absolute atomic E-state index is 12.3. The van der Waals surface area contributed by atoms with Crippen molar-refractivity contribution in [2.45, 2.75) is 6.18 Å². The molecule has 0 atom stereocenters. The Kier molecular flexibility index (Phi) is 2.71. The molecule has 0 heterocycles. The molecule has 14 heavy (non-hydrogen) atoms. The zero-order valence-corrected chi connectivity index (χ0v) is 7.49. The van der Waals surface area contributed by atoms with Crippen molar-refractivity contribution in [3.63, 3.8) is 0 Å². The van der Waals surface area contributed by atoms with Crippen LogP contribution in [0.4, 0.5) is 13.2 Å². The van der Waals surface area contributed by atoms with Crippen molar-refractivity contribution in [3.05, 3.63) is 34.3 Å². The van der Waals surface area contributed by atoms with Crippen LogP contribution in [-0.2, 0) is 6.18 Å². The molecule has 0 spiro atoms. The van der Waals surface area contributed by atoms with Gasteiger partial charge < -0.3 is 5.73 Å². The van der Waals surface area contributed by atoms with E-state index in [0.717, 1.165) is 18.2 Å². The van der Waals surface area contributed by atoms with E-state index in [-0.39, 0.29) is 5.02 Å². The molecule has 76 valence electrons. The van der Waals surface area contributed by atoms with Gasteiger partial charge in [0, 0.05) is 5.02 Å². The van der Waals surface area contributed by atoms with Crippen LogP contribution < -0.4 is 5.73 Å². The number of rotatable bonds is 1. The number of carbonyl (C=O) groups is 1. The summed E-state index contributed by atoms with van der Waals surface area (Å²) >= 11 is 5.44. The molecule has 0 unspecified atom stereocenters. The third kappa shape index (κ3) is 2.17. The second-order valence-corrected chi connectivity index (χ2v) is 2.99. The van der Waals surface area contributed by atoms with Crippen LogP contribution in [0.5, 0.6) is 0 Å². The van der Waals surface area contributed by atoms with Crippen molar-refractivity contribution in [3.8, 4) is 0 Å². The van der Waals surface area contributed by atoms with Crippen LogP contribution in [0.1, 0.15) is 15.9 Å². The molecule has 1 aromatic rings. The Balaban J connectivity index is 3.37. The number of carbonyl (C=O) groups excluding carboxylic acids is 1. The van der Waals surface area contributed by atoms with Gasteiger partial charge in [-0.2, -0.15) is 13.2 Å². The number of primary amides is 1. The fourth-order valence-corrected chi connectivity index (χ4v) is 1.14. The smallest absolute Gasteiger partial charge is 0.366 e. The van der Waals surface area contributed by atoms with Gasteiger partial charge in [-0.3, -0.25) is 4.79 Å². The molecule has 0 aromatic heterocycles. The first-order valence-electron chi connectivity index (χ1n) is 3.49. The minimum atomic E-state index is -4.60. The average Bonchev–Trinajstić information content (AvgIpc) is 2.01. The molecule has 0 fully saturated rings. The van der Waals surface area contributed by atoms with Gasteiger partial charge >= 0.3 is 6.18 Å². The monoisotopic (exact) mass is 223 g/mol. The van der Waals surface area contributed by atoms with Gasteiger partial charge in [0.2, 0.25) is 5.91 Å². The van der Waals surface area contributed by atoms with E-state index in [1.54, 1.807) is 0 Å². The van der Waals surface area contributed by atoms with E-state index >= 15 is 0 Å². The van der Waals surface area contributed by atoms with Gasteiger partial charge in [0.1, 0.15) is 0 Å². The Labute approximate surface area is 82.5 Å². The lowest BCUT2D eigenvalue weighted by Gasteiger charge is -2.10. The summed E-state index contributed by atoms with van der Waals surface area (Å²) in [6.45, 7) is 0. The van der Waals surface area contributed by atoms with Gasteiger partial charge in [-0.15, -0.1) is 0 Å². The summed E-state index contributed by atoms with van der Waals surface area (Å²) in [5, 5.41) is 0.0341. The van der Waals surface area contributed by atoms with Crippen LogP contribution in [0.15, 0.2) is 18.2 Å². The summed E-state index contributed by atoms with van der Waals surface area (Å²) < 4.78 is 36.9. The molecule has 0 aliphatic heterocycles. The lowest BCUT2D eigenvalue weighted by Crippen LogP contribution is -2.18. The first-order valence-corrected chi connectivity index (χ1v) is 3.86.